The number of hydrogen-bond donors (Lipinski definition) is 1. The molecule has 0 atom stereocenters. The largest absolute Gasteiger partial charge is 0.416 e. The predicted molar refractivity (Wildman–Crippen MR) is 103 cm³/mol. The van der Waals surface area contributed by atoms with E-state index in [0.29, 0.717) is 11.6 Å². The maximum absolute atomic E-state index is 12.7. The third-order valence-electron chi connectivity index (χ3n) is 4.76. The van der Waals surface area contributed by atoms with Gasteiger partial charge in [0.15, 0.2) is 0 Å². The summed E-state index contributed by atoms with van der Waals surface area (Å²) in [5.41, 5.74) is 3.25. The van der Waals surface area contributed by atoms with Gasteiger partial charge < -0.3 is 10.2 Å². The highest BCUT2D eigenvalue weighted by atomic mass is 19.4. The lowest BCUT2D eigenvalue weighted by Gasteiger charge is -2.30. The zero-order valence-electron chi connectivity index (χ0n) is 15.3. The van der Waals surface area contributed by atoms with Crippen LogP contribution in [0.3, 0.4) is 0 Å². The molecule has 2 aromatic carbocycles. The number of halogens is 3. The summed E-state index contributed by atoms with van der Waals surface area (Å²) >= 11 is 0. The summed E-state index contributed by atoms with van der Waals surface area (Å²) in [6, 6.07) is 15.1. The van der Waals surface area contributed by atoms with Crippen LogP contribution in [0, 0.1) is 6.92 Å². The van der Waals surface area contributed by atoms with Crippen LogP contribution in [0.2, 0.25) is 0 Å². The van der Waals surface area contributed by atoms with Crippen LogP contribution in [0.15, 0.2) is 54.6 Å². The minimum atomic E-state index is -4.35. The second-order valence-corrected chi connectivity index (χ2v) is 6.83. The van der Waals surface area contributed by atoms with Crippen LogP contribution in [-0.2, 0) is 19.1 Å². The van der Waals surface area contributed by atoms with Gasteiger partial charge >= 0.3 is 6.18 Å². The monoisotopic (exact) mass is 384 g/mol. The van der Waals surface area contributed by atoms with Crippen molar-refractivity contribution >= 4 is 17.5 Å². The molecule has 1 aliphatic rings. The van der Waals surface area contributed by atoms with Crippen LogP contribution in [0.1, 0.15) is 22.4 Å². The Labute approximate surface area is 161 Å². The second kappa shape index (κ2) is 7.14. The third kappa shape index (κ3) is 3.93. The Kier molecular flexibility index (Phi) is 4.66. The zero-order chi connectivity index (χ0) is 19.7. The number of rotatable bonds is 3. The molecule has 3 aromatic rings. The maximum atomic E-state index is 12.7. The van der Waals surface area contributed by atoms with Gasteiger partial charge in [0.05, 0.1) is 5.56 Å². The summed E-state index contributed by atoms with van der Waals surface area (Å²) in [5.74, 6) is 1.17. The van der Waals surface area contributed by atoms with Gasteiger partial charge in [-0.3, -0.25) is 0 Å². The van der Waals surface area contributed by atoms with Gasteiger partial charge in [0, 0.05) is 30.5 Å². The highest BCUT2D eigenvalue weighted by Gasteiger charge is 2.30. The highest BCUT2D eigenvalue weighted by Crippen LogP contribution is 2.30. The van der Waals surface area contributed by atoms with E-state index in [0.717, 1.165) is 43.2 Å². The van der Waals surface area contributed by atoms with Crippen molar-refractivity contribution in [1.82, 2.24) is 9.97 Å². The Bertz CT molecular complexity index is 984. The summed E-state index contributed by atoms with van der Waals surface area (Å²) in [6.07, 6.45) is -3.41. The molecular weight excluding hydrogens is 365 g/mol. The van der Waals surface area contributed by atoms with E-state index in [2.05, 4.69) is 38.4 Å². The highest BCUT2D eigenvalue weighted by molar-refractivity contribution is 5.56. The van der Waals surface area contributed by atoms with Gasteiger partial charge in [-0.05, 0) is 48.7 Å². The van der Waals surface area contributed by atoms with E-state index in [9.17, 15) is 13.2 Å². The smallest absolute Gasteiger partial charge is 0.352 e. The van der Waals surface area contributed by atoms with Crippen molar-refractivity contribution in [3.8, 4) is 0 Å². The van der Waals surface area contributed by atoms with Crippen molar-refractivity contribution in [1.29, 1.82) is 0 Å². The summed E-state index contributed by atoms with van der Waals surface area (Å²) in [6.45, 7) is 3.50. The normalized spacial score (nSPS) is 13.9. The summed E-state index contributed by atoms with van der Waals surface area (Å²) in [5, 5.41) is 3.01. The van der Waals surface area contributed by atoms with Crippen molar-refractivity contribution < 1.29 is 13.2 Å². The van der Waals surface area contributed by atoms with Gasteiger partial charge in [0.25, 0.3) is 0 Å². The lowest BCUT2D eigenvalue weighted by atomic mass is 10.00. The molecule has 0 saturated heterocycles. The topological polar surface area (TPSA) is 41.1 Å². The van der Waals surface area contributed by atoms with Crippen LogP contribution in [-0.4, -0.2) is 16.5 Å². The molecule has 0 unspecified atom stereocenters. The molecule has 0 amide bonds. The number of hydrogen-bond acceptors (Lipinski definition) is 4. The minimum absolute atomic E-state index is 0.369. The molecule has 7 heteroatoms. The first kappa shape index (κ1) is 18.3. The maximum Gasteiger partial charge on any atom is 0.416 e. The number of aromatic nitrogens is 2. The number of fused-ring (bicyclic) bond motifs is 1. The molecule has 4 nitrogen and oxygen atoms in total. The Balaban J connectivity index is 1.55. The van der Waals surface area contributed by atoms with Crippen LogP contribution < -0.4 is 10.2 Å². The van der Waals surface area contributed by atoms with Gasteiger partial charge in [0.2, 0.25) is 5.95 Å². The van der Waals surface area contributed by atoms with Crippen LogP contribution in [0.4, 0.5) is 30.6 Å². The Morgan fingerprint density at radius 2 is 1.68 bits per heavy atom. The number of alkyl halides is 3. The molecule has 28 heavy (non-hydrogen) atoms. The van der Waals surface area contributed by atoms with Gasteiger partial charge in [0.1, 0.15) is 5.82 Å². The summed E-state index contributed by atoms with van der Waals surface area (Å²) in [4.78, 5) is 11.1. The van der Waals surface area contributed by atoms with Gasteiger partial charge in [-0.15, -0.1) is 0 Å². The minimum Gasteiger partial charge on any atom is -0.352 e. The van der Waals surface area contributed by atoms with Gasteiger partial charge in [-0.1, -0.05) is 24.3 Å². The number of nitrogens with one attached hydrogen (secondary N) is 1. The first-order chi connectivity index (χ1) is 13.4. The van der Waals surface area contributed by atoms with Crippen molar-refractivity contribution in [2.24, 2.45) is 0 Å². The molecule has 0 saturated carbocycles. The van der Waals surface area contributed by atoms with Crippen molar-refractivity contribution in [3.05, 3.63) is 77.0 Å². The van der Waals surface area contributed by atoms with Crippen LogP contribution in [0.25, 0.3) is 0 Å². The standard InChI is InChI=1S/C21H19F3N4/c1-14-12-19(28-11-10-15-4-2-3-5-16(15)13-28)27-20(25-14)26-18-8-6-17(7-9-18)21(22,23)24/h2-9,12H,10-11,13H2,1H3,(H,25,26,27). The number of anilines is 3. The fraction of sp³-hybridized carbons (Fsp3) is 0.238. The quantitative estimate of drug-likeness (QED) is 0.681. The summed E-state index contributed by atoms with van der Waals surface area (Å²) < 4.78 is 38.1. The molecule has 0 spiro atoms. The van der Waals surface area contributed by atoms with Gasteiger partial charge in [-0.2, -0.15) is 18.2 Å². The lowest BCUT2D eigenvalue weighted by Crippen LogP contribution is -2.31. The second-order valence-electron chi connectivity index (χ2n) is 6.83. The molecule has 0 aliphatic carbocycles. The first-order valence-corrected chi connectivity index (χ1v) is 9.00. The van der Waals surface area contributed by atoms with E-state index in [1.807, 2.05) is 19.1 Å². The van der Waals surface area contributed by atoms with Crippen molar-refractivity contribution in [2.75, 3.05) is 16.8 Å². The molecule has 1 N–H and O–H groups in total. The molecule has 144 valence electrons. The van der Waals surface area contributed by atoms with E-state index >= 15 is 0 Å². The molecule has 1 aliphatic heterocycles. The number of nitrogens with zero attached hydrogens (tertiary/aromatic N) is 3. The molecular formula is C21H19F3N4. The first-order valence-electron chi connectivity index (χ1n) is 9.00. The fourth-order valence-corrected chi connectivity index (χ4v) is 3.33. The molecule has 4 rings (SSSR count). The fourth-order valence-electron chi connectivity index (χ4n) is 3.33. The zero-order valence-corrected chi connectivity index (χ0v) is 15.3. The van der Waals surface area contributed by atoms with E-state index in [4.69, 9.17) is 0 Å². The average molecular weight is 384 g/mol. The molecule has 0 bridgehead atoms. The molecule has 1 aromatic heterocycles. The number of benzene rings is 2. The van der Waals surface area contributed by atoms with Crippen LogP contribution in [0.5, 0.6) is 0 Å². The molecule has 0 radical (unpaired) electrons. The third-order valence-corrected chi connectivity index (χ3v) is 4.76. The van der Waals surface area contributed by atoms with E-state index < -0.39 is 11.7 Å². The Morgan fingerprint density at radius 1 is 0.964 bits per heavy atom. The summed E-state index contributed by atoms with van der Waals surface area (Å²) in [7, 11) is 0. The predicted octanol–water partition coefficient (Wildman–Crippen LogP) is 5.11. The van der Waals surface area contributed by atoms with Crippen LogP contribution >= 0.6 is 0 Å². The Hall–Kier alpha value is -3.09. The Morgan fingerprint density at radius 3 is 2.39 bits per heavy atom. The molecule has 0 fully saturated rings. The van der Waals surface area contributed by atoms with E-state index in [1.54, 1.807) is 0 Å². The van der Waals surface area contributed by atoms with Crippen molar-refractivity contribution in [2.45, 2.75) is 26.1 Å². The van der Waals surface area contributed by atoms with E-state index in [1.165, 1.54) is 23.3 Å². The van der Waals surface area contributed by atoms with Gasteiger partial charge in [-0.25, -0.2) is 4.98 Å². The average Bonchev–Trinajstić information content (AvgIpc) is 2.67. The SMILES string of the molecule is Cc1cc(N2CCc3ccccc3C2)nc(Nc2ccc(C(F)(F)F)cc2)n1. The number of aryl methyl sites for hydroxylation is 1. The molecule has 2 heterocycles. The van der Waals surface area contributed by atoms with E-state index in [-0.39, 0.29) is 0 Å². The lowest BCUT2D eigenvalue weighted by molar-refractivity contribution is -0.137. The van der Waals surface area contributed by atoms with Crippen molar-refractivity contribution in [3.63, 3.8) is 0 Å².